The molecule has 0 atom stereocenters. The Morgan fingerprint density at radius 2 is 1.38 bits per heavy atom. The fourth-order valence-corrected chi connectivity index (χ4v) is 3.00. The van der Waals surface area contributed by atoms with Gasteiger partial charge >= 0.3 is 0 Å². The number of phenols is 1. The molecule has 128 valence electrons. The quantitative estimate of drug-likeness (QED) is 0.675. The maximum Gasteiger partial charge on any atom is 0.253 e. The minimum Gasteiger partial charge on any atom is -0.507 e. The summed E-state index contributed by atoms with van der Waals surface area (Å²) < 4.78 is 0. The maximum atomic E-state index is 11.8. The average Bonchev–Trinajstić information content (AvgIpc) is 2.45. The Labute approximate surface area is 149 Å². The van der Waals surface area contributed by atoms with Gasteiger partial charge in [0.15, 0.2) is 0 Å². The second-order valence-corrected chi connectivity index (χ2v) is 8.58. The highest BCUT2D eigenvalue weighted by Gasteiger charge is 2.27. The molecule has 0 saturated carbocycles. The number of halogens is 1. The number of aromatic hydroxyl groups is 1. The Kier molecular flexibility index (Phi) is 4.83. The van der Waals surface area contributed by atoms with Crippen molar-refractivity contribution in [3.63, 3.8) is 0 Å². The fraction of sp³-hybridized carbons (Fsp3) is 0.381. The molecule has 0 unspecified atom stereocenters. The van der Waals surface area contributed by atoms with E-state index in [0.29, 0.717) is 11.3 Å². The van der Waals surface area contributed by atoms with Crippen LogP contribution in [-0.2, 0) is 10.8 Å². The van der Waals surface area contributed by atoms with Crippen molar-refractivity contribution in [2.75, 3.05) is 0 Å². The topological polar surface area (TPSA) is 37.3 Å². The normalized spacial score (nSPS) is 12.3. The zero-order valence-electron chi connectivity index (χ0n) is 15.2. The molecular weight excluding hydrogens is 320 g/mol. The van der Waals surface area contributed by atoms with E-state index in [0.717, 1.165) is 22.3 Å². The van der Waals surface area contributed by atoms with E-state index in [4.69, 9.17) is 11.6 Å². The van der Waals surface area contributed by atoms with Crippen molar-refractivity contribution in [2.24, 2.45) is 0 Å². The van der Waals surface area contributed by atoms with Crippen LogP contribution >= 0.6 is 11.6 Å². The van der Waals surface area contributed by atoms with E-state index < -0.39 is 5.24 Å². The number of carbonyl (C=O) groups excluding carboxylic acids is 1. The van der Waals surface area contributed by atoms with Crippen LogP contribution in [0.5, 0.6) is 5.75 Å². The molecule has 24 heavy (non-hydrogen) atoms. The second-order valence-electron chi connectivity index (χ2n) is 8.24. The maximum absolute atomic E-state index is 11.8. The van der Waals surface area contributed by atoms with Crippen LogP contribution in [0.2, 0.25) is 0 Å². The smallest absolute Gasteiger partial charge is 0.253 e. The van der Waals surface area contributed by atoms with Crippen LogP contribution in [-0.4, -0.2) is 10.3 Å². The Hall–Kier alpha value is -1.80. The molecule has 2 aromatic rings. The van der Waals surface area contributed by atoms with E-state index in [9.17, 15) is 9.90 Å². The molecule has 0 spiro atoms. The second kappa shape index (κ2) is 6.25. The molecule has 0 saturated heterocycles. The van der Waals surface area contributed by atoms with Crippen molar-refractivity contribution in [3.05, 3.63) is 53.1 Å². The molecule has 0 amide bonds. The number of phenolic OH excluding ortho intramolecular Hbond substituents is 1. The highest BCUT2D eigenvalue weighted by Crippen LogP contribution is 2.42. The number of carbonyl (C=O) groups is 1. The Bertz CT molecular complexity index is 742. The zero-order chi connectivity index (χ0) is 18.3. The van der Waals surface area contributed by atoms with Gasteiger partial charge in [-0.2, -0.15) is 0 Å². The molecule has 0 fully saturated rings. The van der Waals surface area contributed by atoms with Gasteiger partial charge < -0.3 is 5.11 Å². The summed E-state index contributed by atoms with van der Waals surface area (Å²) in [7, 11) is 0. The molecule has 2 rings (SSSR count). The first-order valence-electron chi connectivity index (χ1n) is 8.10. The molecule has 0 radical (unpaired) electrons. The molecule has 0 aliphatic rings. The number of benzene rings is 2. The van der Waals surface area contributed by atoms with Gasteiger partial charge in [0.05, 0.1) is 0 Å². The SMILES string of the molecule is CC(C)(C)c1cc(-c2ccccc2C(=O)Cl)cc(C(C)(C)C)c1O. The van der Waals surface area contributed by atoms with E-state index in [1.54, 1.807) is 12.1 Å². The third kappa shape index (κ3) is 3.64. The summed E-state index contributed by atoms with van der Waals surface area (Å²) in [6, 6.07) is 11.2. The summed E-state index contributed by atoms with van der Waals surface area (Å²) in [5.41, 5.74) is 3.44. The van der Waals surface area contributed by atoms with Crippen LogP contribution in [0, 0.1) is 0 Å². The molecule has 2 nitrogen and oxygen atoms in total. The average molecular weight is 345 g/mol. The van der Waals surface area contributed by atoms with Crippen LogP contribution in [0.4, 0.5) is 0 Å². The summed E-state index contributed by atoms with van der Waals surface area (Å²) in [6.07, 6.45) is 0. The summed E-state index contributed by atoms with van der Waals surface area (Å²) >= 11 is 5.76. The van der Waals surface area contributed by atoms with Gasteiger partial charge in [-0.15, -0.1) is 0 Å². The van der Waals surface area contributed by atoms with Gasteiger partial charge in [0, 0.05) is 16.7 Å². The predicted molar refractivity (Wildman–Crippen MR) is 101 cm³/mol. The van der Waals surface area contributed by atoms with E-state index in [1.807, 2.05) is 24.3 Å². The zero-order valence-corrected chi connectivity index (χ0v) is 16.0. The Balaban J connectivity index is 2.84. The molecule has 0 aliphatic heterocycles. The van der Waals surface area contributed by atoms with Gasteiger partial charge in [0.1, 0.15) is 5.75 Å². The lowest BCUT2D eigenvalue weighted by atomic mass is 9.77. The van der Waals surface area contributed by atoms with E-state index >= 15 is 0 Å². The third-order valence-electron chi connectivity index (χ3n) is 4.18. The van der Waals surface area contributed by atoms with Gasteiger partial charge in [-0.05, 0) is 51.8 Å². The molecule has 1 N–H and O–H groups in total. The van der Waals surface area contributed by atoms with Crippen molar-refractivity contribution >= 4 is 16.8 Å². The van der Waals surface area contributed by atoms with Crippen molar-refractivity contribution < 1.29 is 9.90 Å². The van der Waals surface area contributed by atoms with Crippen LogP contribution in [0.3, 0.4) is 0 Å². The third-order valence-corrected chi connectivity index (χ3v) is 4.38. The summed E-state index contributed by atoms with van der Waals surface area (Å²) in [4.78, 5) is 11.8. The van der Waals surface area contributed by atoms with Crippen molar-refractivity contribution in [1.82, 2.24) is 0 Å². The summed E-state index contributed by atoms with van der Waals surface area (Å²) in [5, 5.41) is 10.3. The first-order valence-corrected chi connectivity index (χ1v) is 8.48. The fourth-order valence-electron chi connectivity index (χ4n) is 2.84. The molecule has 0 aliphatic carbocycles. The monoisotopic (exact) mass is 344 g/mol. The highest BCUT2D eigenvalue weighted by atomic mass is 35.5. The number of hydrogen-bond acceptors (Lipinski definition) is 2. The lowest BCUT2D eigenvalue weighted by molar-refractivity contribution is 0.108. The molecule has 3 heteroatoms. The minimum atomic E-state index is -0.478. The molecule has 0 aromatic heterocycles. The van der Waals surface area contributed by atoms with Crippen molar-refractivity contribution in [2.45, 2.75) is 52.4 Å². The lowest BCUT2D eigenvalue weighted by Crippen LogP contribution is -2.17. The lowest BCUT2D eigenvalue weighted by Gasteiger charge is -2.28. The van der Waals surface area contributed by atoms with Crippen LogP contribution in [0.25, 0.3) is 11.1 Å². The van der Waals surface area contributed by atoms with Gasteiger partial charge in [-0.25, -0.2) is 0 Å². The minimum absolute atomic E-state index is 0.222. The number of rotatable bonds is 2. The summed E-state index contributed by atoms with van der Waals surface area (Å²) in [5.74, 6) is 0.327. The van der Waals surface area contributed by atoms with E-state index in [1.165, 1.54) is 0 Å². The van der Waals surface area contributed by atoms with Crippen molar-refractivity contribution in [1.29, 1.82) is 0 Å². The standard InChI is InChI=1S/C21H25ClO2/c1-20(2,3)16-11-13(12-17(18(16)23)21(4,5)6)14-9-7-8-10-15(14)19(22)24/h7-12,23H,1-6H3. The predicted octanol–water partition coefficient (Wildman–Crippen LogP) is 6.03. The largest absolute Gasteiger partial charge is 0.507 e. The Morgan fingerprint density at radius 3 is 1.79 bits per heavy atom. The van der Waals surface area contributed by atoms with Gasteiger partial charge in [-0.1, -0.05) is 59.7 Å². The van der Waals surface area contributed by atoms with Gasteiger partial charge in [0.2, 0.25) is 0 Å². The first-order chi connectivity index (χ1) is 10.9. The summed E-state index contributed by atoms with van der Waals surface area (Å²) in [6.45, 7) is 12.4. The molecule has 2 aromatic carbocycles. The van der Waals surface area contributed by atoms with Crippen molar-refractivity contribution in [3.8, 4) is 16.9 Å². The van der Waals surface area contributed by atoms with Gasteiger partial charge in [-0.3, -0.25) is 4.79 Å². The molecule has 0 bridgehead atoms. The number of hydrogen-bond donors (Lipinski definition) is 1. The van der Waals surface area contributed by atoms with Crippen LogP contribution < -0.4 is 0 Å². The van der Waals surface area contributed by atoms with E-state index in [2.05, 4.69) is 41.5 Å². The highest BCUT2D eigenvalue weighted by molar-refractivity contribution is 6.68. The van der Waals surface area contributed by atoms with Crippen LogP contribution in [0.1, 0.15) is 63.0 Å². The molecule has 0 heterocycles. The van der Waals surface area contributed by atoms with E-state index in [-0.39, 0.29) is 10.8 Å². The van der Waals surface area contributed by atoms with Gasteiger partial charge in [0.25, 0.3) is 5.24 Å². The molecular formula is C21H25ClO2. The van der Waals surface area contributed by atoms with Crippen LogP contribution in [0.15, 0.2) is 36.4 Å². The first kappa shape index (κ1) is 18.5. The Morgan fingerprint density at radius 1 is 0.917 bits per heavy atom.